The summed E-state index contributed by atoms with van der Waals surface area (Å²) in [5.41, 5.74) is 5.55. The largest absolute Gasteiger partial charge is 0.355 e. The first kappa shape index (κ1) is 16.4. The van der Waals surface area contributed by atoms with Gasteiger partial charge in [-0.15, -0.1) is 10.2 Å². The van der Waals surface area contributed by atoms with E-state index in [1.165, 1.54) is 18.7 Å². The summed E-state index contributed by atoms with van der Waals surface area (Å²) in [6.45, 7) is 5.28. The zero-order chi connectivity index (χ0) is 15.0. The SMILES string of the molecule is CCn1c(CN)nnc1SCC(=O)NCCNC(C)=O. The molecule has 0 aromatic carbocycles. The van der Waals surface area contributed by atoms with Crippen molar-refractivity contribution in [1.82, 2.24) is 25.4 Å². The Labute approximate surface area is 121 Å². The van der Waals surface area contributed by atoms with Gasteiger partial charge in [-0.3, -0.25) is 9.59 Å². The molecule has 0 aliphatic heterocycles. The highest BCUT2D eigenvalue weighted by Gasteiger charge is 2.11. The Morgan fingerprint density at radius 2 is 2.00 bits per heavy atom. The molecule has 0 radical (unpaired) electrons. The third-order valence-corrected chi connectivity index (χ3v) is 3.41. The standard InChI is InChI=1S/C11H20N6O2S/c1-3-17-9(6-12)15-16-11(17)20-7-10(19)14-5-4-13-8(2)18/h3-7,12H2,1-2H3,(H,13,18)(H,14,19). The van der Waals surface area contributed by atoms with Crippen LogP contribution in [0.25, 0.3) is 0 Å². The van der Waals surface area contributed by atoms with Gasteiger partial charge >= 0.3 is 0 Å². The van der Waals surface area contributed by atoms with E-state index in [-0.39, 0.29) is 17.6 Å². The number of nitrogens with one attached hydrogen (secondary N) is 2. The highest BCUT2D eigenvalue weighted by Crippen LogP contribution is 2.16. The van der Waals surface area contributed by atoms with E-state index in [1.54, 1.807) is 0 Å². The number of aromatic nitrogens is 3. The highest BCUT2D eigenvalue weighted by atomic mass is 32.2. The molecule has 0 spiro atoms. The molecule has 1 aromatic rings. The van der Waals surface area contributed by atoms with Gasteiger partial charge in [-0.2, -0.15) is 0 Å². The fraction of sp³-hybridized carbons (Fsp3) is 0.636. The third kappa shape index (κ3) is 5.17. The number of amides is 2. The van der Waals surface area contributed by atoms with Crippen LogP contribution in [0.5, 0.6) is 0 Å². The molecule has 0 aliphatic carbocycles. The van der Waals surface area contributed by atoms with Crippen LogP contribution in [0.15, 0.2) is 5.16 Å². The van der Waals surface area contributed by atoms with Crippen LogP contribution in [0.1, 0.15) is 19.7 Å². The third-order valence-electron chi connectivity index (χ3n) is 2.45. The molecule has 0 saturated carbocycles. The van der Waals surface area contributed by atoms with E-state index >= 15 is 0 Å². The maximum absolute atomic E-state index is 11.6. The number of thioether (sulfide) groups is 1. The van der Waals surface area contributed by atoms with Crippen LogP contribution < -0.4 is 16.4 Å². The minimum atomic E-state index is -0.112. The Hall–Kier alpha value is -1.61. The van der Waals surface area contributed by atoms with E-state index < -0.39 is 0 Å². The lowest BCUT2D eigenvalue weighted by atomic mass is 10.5. The first-order valence-corrected chi connectivity index (χ1v) is 7.33. The highest BCUT2D eigenvalue weighted by molar-refractivity contribution is 7.99. The van der Waals surface area contributed by atoms with Gasteiger partial charge in [-0.05, 0) is 6.92 Å². The molecular weight excluding hydrogens is 280 g/mol. The molecule has 2 amide bonds. The molecule has 1 rings (SSSR count). The molecule has 0 atom stereocenters. The molecule has 4 N–H and O–H groups in total. The summed E-state index contributed by atoms with van der Waals surface area (Å²) in [6.07, 6.45) is 0. The summed E-state index contributed by atoms with van der Waals surface area (Å²) in [7, 11) is 0. The van der Waals surface area contributed by atoms with Crippen molar-refractivity contribution in [2.24, 2.45) is 5.73 Å². The fourth-order valence-electron chi connectivity index (χ4n) is 1.52. The Bertz CT molecular complexity index is 462. The first-order chi connectivity index (χ1) is 9.58. The van der Waals surface area contributed by atoms with E-state index in [0.717, 1.165) is 0 Å². The van der Waals surface area contributed by atoms with Gasteiger partial charge in [-0.25, -0.2) is 0 Å². The van der Waals surface area contributed by atoms with Crippen LogP contribution in [0.4, 0.5) is 0 Å². The lowest BCUT2D eigenvalue weighted by Crippen LogP contribution is -2.34. The maximum Gasteiger partial charge on any atom is 0.230 e. The molecule has 20 heavy (non-hydrogen) atoms. The fourth-order valence-corrected chi connectivity index (χ4v) is 2.37. The van der Waals surface area contributed by atoms with Gasteiger partial charge in [-0.1, -0.05) is 11.8 Å². The van der Waals surface area contributed by atoms with Crippen molar-refractivity contribution in [2.45, 2.75) is 32.1 Å². The van der Waals surface area contributed by atoms with Gasteiger partial charge in [0.2, 0.25) is 11.8 Å². The summed E-state index contributed by atoms with van der Waals surface area (Å²) in [5, 5.41) is 14.0. The summed E-state index contributed by atoms with van der Waals surface area (Å²) < 4.78 is 1.88. The number of hydrogen-bond donors (Lipinski definition) is 3. The van der Waals surface area contributed by atoms with Crippen molar-refractivity contribution in [3.8, 4) is 0 Å². The van der Waals surface area contributed by atoms with Crippen molar-refractivity contribution in [2.75, 3.05) is 18.8 Å². The Kier molecular flexibility index (Phi) is 7.02. The van der Waals surface area contributed by atoms with Gasteiger partial charge in [0, 0.05) is 26.6 Å². The number of hydrogen-bond acceptors (Lipinski definition) is 6. The summed E-state index contributed by atoms with van der Waals surface area (Å²) in [4.78, 5) is 22.3. The van der Waals surface area contributed by atoms with Crippen LogP contribution in [0.3, 0.4) is 0 Å². The summed E-state index contributed by atoms with van der Waals surface area (Å²) >= 11 is 1.31. The van der Waals surface area contributed by atoms with Crippen molar-refractivity contribution in [3.05, 3.63) is 5.82 Å². The average Bonchev–Trinajstić information content (AvgIpc) is 2.83. The normalized spacial score (nSPS) is 10.3. The van der Waals surface area contributed by atoms with E-state index in [4.69, 9.17) is 5.73 Å². The minimum Gasteiger partial charge on any atom is -0.355 e. The van der Waals surface area contributed by atoms with Gasteiger partial charge in [0.1, 0.15) is 5.82 Å². The van der Waals surface area contributed by atoms with Crippen molar-refractivity contribution >= 4 is 23.6 Å². The quantitative estimate of drug-likeness (QED) is 0.423. The molecule has 1 aromatic heterocycles. The van der Waals surface area contributed by atoms with E-state index in [1.807, 2.05) is 11.5 Å². The van der Waals surface area contributed by atoms with Crippen LogP contribution in [0, 0.1) is 0 Å². The molecule has 0 fully saturated rings. The molecule has 0 unspecified atom stereocenters. The number of carbonyl (C=O) groups excluding carboxylic acids is 2. The van der Waals surface area contributed by atoms with Crippen LogP contribution in [-0.4, -0.2) is 45.4 Å². The van der Waals surface area contributed by atoms with Crippen molar-refractivity contribution in [1.29, 1.82) is 0 Å². The van der Waals surface area contributed by atoms with Crippen molar-refractivity contribution < 1.29 is 9.59 Å². The predicted molar refractivity (Wildman–Crippen MR) is 76.0 cm³/mol. The Balaban J connectivity index is 2.34. The number of nitrogens with two attached hydrogens (primary N) is 1. The van der Waals surface area contributed by atoms with E-state index in [2.05, 4.69) is 20.8 Å². The molecule has 8 nitrogen and oxygen atoms in total. The molecule has 1 heterocycles. The molecule has 9 heteroatoms. The maximum atomic E-state index is 11.6. The zero-order valence-electron chi connectivity index (χ0n) is 11.7. The number of rotatable bonds is 8. The second kappa shape index (κ2) is 8.54. The van der Waals surface area contributed by atoms with E-state index in [0.29, 0.717) is 37.2 Å². The number of nitrogens with zero attached hydrogens (tertiary/aromatic N) is 3. The van der Waals surface area contributed by atoms with Crippen LogP contribution in [-0.2, 0) is 22.7 Å². The smallest absolute Gasteiger partial charge is 0.230 e. The molecule has 112 valence electrons. The lowest BCUT2D eigenvalue weighted by Gasteiger charge is -2.07. The second-order valence-electron chi connectivity index (χ2n) is 3.97. The van der Waals surface area contributed by atoms with Crippen LogP contribution >= 0.6 is 11.8 Å². The summed E-state index contributed by atoms with van der Waals surface area (Å²) in [5.74, 6) is 0.739. The topological polar surface area (TPSA) is 115 Å². The second-order valence-corrected chi connectivity index (χ2v) is 4.91. The molecule has 0 bridgehead atoms. The predicted octanol–water partition coefficient (Wildman–Crippen LogP) is -0.899. The van der Waals surface area contributed by atoms with Gasteiger partial charge in [0.15, 0.2) is 5.16 Å². The van der Waals surface area contributed by atoms with Gasteiger partial charge in [0.05, 0.1) is 12.3 Å². The average molecular weight is 300 g/mol. The lowest BCUT2D eigenvalue weighted by molar-refractivity contribution is -0.120. The van der Waals surface area contributed by atoms with Crippen LogP contribution in [0.2, 0.25) is 0 Å². The van der Waals surface area contributed by atoms with E-state index in [9.17, 15) is 9.59 Å². The van der Waals surface area contributed by atoms with Crippen molar-refractivity contribution in [3.63, 3.8) is 0 Å². The Morgan fingerprint density at radius 1 is 1.30 bits per heavy atom. The monoisotopic (exact) mass is 300 g/mol. The zero-order valence-corrected chi connectivity index (χ0v) is 12.5. The molecule has 0 aliphatic rings. The Morgan fingerprint density at radius 3 is 2.60 bits per heavy atom. The summed E-state index contributed by atoms with van der Waals surface area (Å²) in [6, 6.07) is 0. The van der Waals surface area contributed by atoms with Gasteiger partial charge < -0.3 is 20.9 Å². The minimum absolute atomic E-state index is 0.111. The number of carbonyl (C=O) groups is 2. The first-order valence-electron chi connectivity index (χ1n) is 6.34. The molecule has 0 saturated heterocycles. The molecular formula is C11H20N6O2S. The van der Waals surface area contributed by atoms with Gasteiger partial charge in [0.25, 0.3) is 0 Å².